The minimum atomic E-state index is -4.67. The van der Waals surface area contributed by atoms with Crippen LogP contribution in [-0.4, -0.2) is 38.8 Å². The molecule has 0 spiro atoms. The second kappa shape index (κ2) is 7.83. The highest BCUT2D eigenvalue weighted by atomic mass is 35.5. The van der Waals surface area contributed by atoms with E-state index in [4.69, 9.17) is 23.2 Å². The van der Waals surface area contributed by atoms with Crippen LogP contribution in [-0.2, 0) is 17.5 Å². The number of benzene rings is 1. The van der Waals surface area contributed by atoms with Crippen molar-refractivity contribution in [3.8, 4) is 5.75 Å². The van der Waals surface area contributed by atoms with E-state index in [0.717, 1.165) is 10.2 Å². The first-order valence-electron chi connectivity index (χ1n) is 8.64. The van der Waals surface area contributed by atoms with Gasteiger partial charge in [-0.05, 0) is 43.4 Å². The van der Waals surface area contributed by atoms with Gasteiger partial charge < -0.3 is 10.0 Å². The molecule has 1 aromatic heterocycles. The molecule has 1 aromatic carbocycles. The number of rotatable bonds is 3. The number of amides is 1. The third-order valence-corrected chi connectivity index (χ3v) is 5.65. The predicted molar refractivity (Wildman–Crippen MR) is 98.6 cm³/mol. The normalized spacial score (nSPS) is 15.9. The lowest BCUT2D eigenvalue weighted by atomic mass is 9.89. The predicted octanol–water partition coefficient (Wildman–Crippen LogP) is 4.63. The van der Waals surface area contributed by atoms with Crippen LogP contribution in [0.15, 0.2) is 18.2 Å². The van der Waals surface area contributed by atoms with Crippen LogP contribution in [0.4, 0.5) is 13.2 Å². The number of phenols is 1. The Morgan fingerprint density at radius 3 is 2.46 bits per heavy atom. The molecule has 1 amide bonds. The number of carbonyl (C=O) groups excluding carboxylic acids is 1. The van der Waals surface area contributed by atoms with Crippen LogP contribution >= 0.6 is 23.2 Å². The molecule has 28 heavy (non-hydrogen) atoms. The van der Waals surface area contributed by atoms with E-state index in [-0.39, 0.29) is 29.8 Å². The molecule has 2 heterocycles. The average Bonchev–Trinajstić information content (AvgIpc) is 2.90. The Morgan fingerprint density at radius 1 is 1.29 bits per heavy atom. The minimum absolute atomic E-state index is 0.0824. The molecule has 0 bridgehead atoms. The Labute approximate surface area is 169 Å². The van der Waals surface area contributed by atoms with Crippen molar-refractivity contribution in [1.82, 2.24) is 14.7 Å². The summed E-state index contributed by atoms with van der Waals surface area (Å²) < 4.78 is 39.7. The second-order valence-corrected chi connectivity index (χ2v) is 7.58. The third kappa shape index (κ3) is 4.22. The van der Waals surface area contributed by atoms with Crippen molar-refractivity contribution in [1.29, 1.82) is 0 Å². The van der Waals surface area contributed by atoms with Crippen molar-refractivity contribution in [2.45, 2.75) is 38.4 Å². The van der Waals surface area contributed by atoms with Gasteiger partial charge in [-0.15, -0.1) is 0 Å². The molecular formula is C18H18Cl2F3N3O2. The maximum atomic E-state index is 12.9. The molecule has 1 aliphatic rings. The van der Waals surface area contributed by atoms with E-state index >= 15 is 0 Å². The number of alkyl halides is 3. The van der Waals surface area contributed by atoms with Crippen molar-refractivity contribution >= 4 is 29.1 Å². The van der Waals surface area contributed by atoms with Crippen molar-refractivity contribution in [2.24, 2.45) is 0 Å². The first kappa shape index (κ1) is 20.8. The summed E-state index contributed by atoms with van der Waals surface area (Å²) in [7, 11) is 0. The zero-order chi connectivity index (χ0) is 20.6. The molecule has 152 valence electrons. The maximum absolute atomic E-state index is 12.9. The third-order valence-electron chi connectivity index (χ3n) is 4.97. The van der Waals surface area contributed by atoms with Crippen molar-refractivity contribution in [2.75, 3.05) is 13.1 Å². The van der Waals surface area contributed by atoms with E-state index in [9.17, 15) is 23.1 Å². The number of aromatic hydroxyl groups is 1. The van der Waals surface area contributed by atoms with Gasteiger partial charge in [0, 0.05) is 18.1 Å². The molecule has 0 radical (unpaired) electrons. The number of halogens is 5. The lowest BCUT2D eigenvalue weighted by Crippen LogP contribution is -2.40. The fraction of sp³-hybridized carbons (Fsp3) is 0.444. The molecule has 1 fully saturated rings. The summed E-state index contributed by atoms with van der Waals surface area (Å²) in [5.74, 6) is -0.118. The lowest BCUT2D eigenvalue weighted by molar-refractivity contribution is -0.142. The van der Waals surface area contributed by atoms with E-state index in [0.29, 0.717) is 31.0 Å². The summed E-state index contributed by atoms with van der Waals surface area (Å²) in [6, 6.07) is 4.96. The molecule has 3 rings (SSSR count). The molecule has 0 unspecified atom stereocenters. The van der Waals surface area contributed by atoms with Gasteiger partial charge in [0.25, 0.3) is 0 Å². The highest BCUT2D eigenvalue weighted by Crippen LogP contribution is 2.36. The number of likely N-dealkylation sites (tertiary alicyclic amines) is 1. The molecule has 1 N–H and O–H groups in total. The van der Waals surface area contributed by atoms with Crippen LogP contribution in [0.3, 0.4) is 0 Å². The van der Waals surface area contributed by atoms with Crippen LogP contribution in [0.2, 0.25) is 10.0 Å². The second-order valence-electron chi connectivity index (χ2n) is 6.76. The topological polar surface area (TPSA) is 58.4 Å². The zero-order valence-corrected chi connectivity index (χ0v) is 16.4. The summed E-state index contributed by atoms with van der Waals surface area (Å²) in [6.07, 6.45) is -3.41. The van der Waals surface area contributed by atoms with E-state index in [1.54, 1.807) is 17.0 Å². The number of piperidine rings is 1. The maximum Gasteiger partial charge on any atom is 0.436 e. The van der Waals surface area contributed by atoms with E-state index in [2.05, 4.69) is 5.10 Å². The summed E-state index contributed by atoms with van der Waals surface area (Å²) in [5, 5.41) is 13.5. The molecule has 0 saturated carbocycles. The van der Waals surface area contributed by atoms with E-state index in [1.165, 1.54) is 13.0 Å². The number of hydrogen-bond donors (Lipinski definition) is 1. The molecule has 0 atom stereocenters. The Bertz CT molecular complexity index is 891. The van der Waals surface area contributed by atoms with E-state index in [1.807, 2.05) is 0 Å². The van der Waals surface area contributed by atoms with Gasteiger partial charge in [-0.2, -0.15) is 18.3 Å². The van der Waals surface area contributed by atoms with Crippen LogP contribution in [0, 0.1) is 6.92 Å². The Balaban J connectivity index is 1.65. The van der Waals surface area contributed by atoms with Crippen molar-refractivity contribution in [3.63, 3.8) is 0 Å². The number of hydrogen-bond acceptors (Lipinski definition) is 3. The molecular weight excluding hydrogens is 418 g/mol. The first-order valence-corrected chi connectivity index (χ1v) is 9.39. The van der Waals surface area contributed by atoms with Gasteiger partial charge in [-0.25, -0.2) is 0 Å². The summed E-state index contributed by atoms with van der Waals surface area (Å²) in [4.78, 5) is 14.1. The number of aromatic nitrogens is 2. The molecule has 5 nitrogen and oxygen atoms in total. The molecule has 0 aliphatic carbocycles. The van der Waals surface area contributed by atoms with Gasteiger partial charge in [-0.3, -0.25) is 9.48 Å². The highest BCUT2D eigenvalue weighted by Gasteiger charge is 2.38. The van der Waals surface area contributed by atoms with E-state index < -0.39 is 16.9 Å². The van der Waals surface area contributed by atoms with Gasteiger partial charge in [-0.1, -0.05) is 29.3 Å². The SMILES string of the molecule is Cc1c(Cl)c(C(F)(F)F)nn1CC(=O)N1CCC(c2ccc(Cl)cc2O)CC1. The summed E-state index contributed by atoms with van der Waals surface area (Å²) in [5.41, 5.74) is -0.305. The largest absolute Gasteiger partial charge is 0.508 e. The van der Waals surface area contributed by atoms with Crippen LogP contribution in [0.5, 0.6) is 5.75 Å². The van der Waals surface area contributed by atoms with Gasteiger partial charge >= 0.3 is 6.18 Å². The Morgan fingerprint density at radius 2 is 1.93 bits per heavy atom. The van der Waals surface area contributed by atoms with Crippen molar-refractivity contribution in [3.05, 3.63) is 45.2 Å². The molecule has 1 aliphatic heterocycles. The Hall–Kier alpha value is -1.93. The van der Waals surface area contributed by atoms with Gasteiger partial charge in [0.05, 0.1) is 10.7 Å². The zero-order valence-electron chi connectivity index (χ0n) is 14.9. The standard InChI is InChI=1S/C18H18Cl2F3N3O2/c1-10-16(20)17(18(21,22)23)24-26(10)9-15(28)25-6-4-11(5-7-25)13-3-2-12(19)8-14(13)27/h2-3,8,11,27H,4-7,9H2,1H3. The van der Waals surface area contributed by atoms with Crippen LogP contribution < -0.4 is 0 Å². The van der Waals surface area contributed by atoms with Gasteiger partial charge in [0.1, 0.15) is 12.3 Å². The quantitative estimate of drug-likeness (QED) is 0.764. The first-order chi connectivity index (χ1) is 13.1. The van der Waals surface area contributed by atoms with Gasteiger partial charge in [0.2, 0.25) is 5.91 Å². The summed E-state index contributed by atoms with van der Waals surface area (Å²) in [6.45, 7) is 1.96. The van der Waals surface area contributed by atoms with Crippen LogP contribution in [0.1, 0.15) is 35.7 Å². The van der Waals surface area contributed by atoms with Gasteiger partial charge in [0.15, 0.2) is 5.69 Å². The lowest BCUT2D eigenvalue weighted by Gasteiger charge is -2.32. The van der Waals surface area contributed by atoms with Crippen LogP contribution in [0.25, 0.3) is 0 Å². The summed E-state index contributed by atoms with van der Waals surface area (Å²) >= 11 is 11.6. The number of phenolic OH excluding ortho intramolecular Hbond substituents is 1. The minimum Gasteiger partial charge on any atom is -0.508 e. The molecule has 1 saturated heterocycles. The fourth-order valence-electron chi connectivity index (χ4n) is 3.39. The number of carbonyl (C=O) groups is 1. The molecule has 10 heteroatoms. The number of nitrogens with zero attached hydrogens (tertiary/aromatic N) is 3. The fourth-order valence-corrected chi connectivity index (χ4v) is 3.80. The van der Waals surface area contributed by atoms with Crippen molar-refractivity contribution < 1.29 is 23.1 Å². The Kier molecular flexibility index (Phi) is 5.82. The molecule has 2 aromatic rings. The average molecular weight is 436 g/mol. The highest BCUT2D eigenvalue weighted by molar-refractivity contribution is 6.32. The smallest absolute Gasteiger partial charge is 0.436 e. The monoisotopic (exact) mass is 435 g/mol.